The van der Waals surface area contributed by atoms with Gasteiger partial charge in [-0.2, -0.15) is 0 Å². The summed E-state index contributed by atoms with van der Waals surface area (Å²) in [5.41, 5.74) is 0.169. The molecule has 9 heteroatoms. The summed E-state index contributed by atoms with van der Waals surface area (Å²) in [6.45, 7) is -0.385. The normalized spacial score (nSPS) is 15.4. The quantitative estimate of drug-likeness (QED) is 0.402. The van der Waals surface area contributed by atoms with Crippen LogP contribution in [0.5, 0.6) is 0 Å². The Hall–Kier alpha value is -2.87. The second-order valence-electron chi connectivity index (χ2n) is 6.34. The molecule has 150 valence electrons. The van der Waals surface area contributed by atoms with Crippen molar-refractivity contribution in [1.29, 1.82) is 0 Å². The van der Waals surface area contributed by atoms with Gasteiger partial charge in [0.25, 0.3) is 11.1 Å². The van der Waals surface area contributed by atoms with Crippen LogP contribution in [0.1, 0.15) is 15.9 Å². The van der Waals surface area contributed by atoms with Crippen LogP contribution < -0.4 is 5.43 Å². The van der Waals surface area contributed by atoms with Crippen LogP contribution in [0.2, 0.25) is 10.0 Å². The van der Waals surface area contributed by atoms with Crippen LogP contribution in [0.3, 0.4) is 0 Å². The molecule has 1 saturated heterocycles. The molecule has 1 aromatic heterocycles. The predicted molar refractivity (Wildman–Crippen MR) is 116 cm³/mol. The summed E-state index contributed by atoms with van der Waals surface area (Å²) in [4.78, 5) is 50.9. The maximum atomic E-state index is 12.8. The number of amides is 2. The lowest BCUT2D eigenvalue weighted by Crippen LogP contribution is -2.33. The Labute approximate surface area is 184 Å². The fourth-order valence-corrected chi connectivity index (χ4v) is 4.28. The van der Waals surface area contributed by atoms with E-state index in [0.29, 0.717) is 17.3 Å². The smallest absolute Gasteiger partial charge is 0.293 e. The first kappa shape index (κ1) is 20.4. The molecular formula is C21H11Cl2NO5S. The second kappa shape index (κ2) is 8.10. The summed E-state index contributed by atoms with van der Waals surface area (Å²) in [7, 11) is 0. The third-order valence-corrected chi connectivity index (χ3v) is 5.78. The lowest BCUT2D eigenvalue weighted by molar-refractivity contribution is -0.122. The highest BCUT2D eigenvalue weighted by Gasteiger charge is 2.36. The first-order valence-electron chi connectivity index (χ1n) is 8.59. The van der Waals surface area contributed by atoms with E-state index in [1.165, 1.54) is 18.2 Å². The number of thioether (sulfide) groups is 1. The van der Waals surface area contributed by atoms with E-state index in [-0.39, 0.29) is 43.8 Å². The van der Waals surface area contributed by atoms with Crippen molar-refractivity contribution in [3.8, 4) is 0 Å². The van der Waals surface area contributed by atoms with E-state index in [0.717, 1.165) is 11.2 Å². The van der Waals surface area contributed by atoms with Gasteiger partial charge in [0.15, 0.2) is 16.8 Å². The van der Waals surface area contributed by atoms with Crippen molar-refractivity contribution in [2.45, 2.75) is 0 Å². The van der Waals surface area contributed by atoms with E-state index in [2.05, 4.69) is 0 Å². The van der Waals surface area contributed by atoms with Gasteiger partial charge in [-0.15, -0.1) is 0 Å². The predicted octanol–water partition coefficient (Wildman–Crippen LogP) is 5.02. The summed E-state index contributed by atoms with van der Waals surface area (Å²) in [6.07, 6.45) is 2.42. The van der Waals surface area contributed by atoms with Gasteiger partial charge in [-0.25, -0.2) is 0 Å². The number of Topliss-reactive ketones (excluding diaryl/α,β-unsaturated/α-hetero) is 1. The lowest BCUT2D eigenvalue weighted by atomic mass is 10.1. The van der Waals surface area contributed by atoms with Crippen LogP contribution in [0, 0.1) is 0 Å². The third kappa shape index (κ3) is 3.79. The Bertz CT molecular complexity index is 1300. The zero-order chi connectivity index (χ0) is 21.4. The number of benzene rings is 2. The number of hydrogen-bond acceptors (Lipinski definition) is 6. The molecule has 1 aliphatic rings. The van der Waals surface area contributed by atoms with Crippen molar-refractivity contribution >= 4 is 68.9 Å². The molecule has 0 N–H and O–H groups in total. The van der Waals surface area contributed by atoms with Crippen LogP contribution in [-0.4, -0.2) is 28.4 Å². The standard InChI is InChI=1S/C21H11Cl2NO5S/c22-13-7-14-18(26)12(10-29-19(14)15(23)8-13)6-17-20(27)24(21(28)30-17)9-16(25)11-4-2-1-3-5-11/h1-8,10H,9H2/b17-6-. The molecular weight excluding hydrogens is 449 g/mol. The number of fused-ring (bicyclic) bond motifs is 1. The van der Waals surface area contributed by atoms with E-state index < -0.39 is 16.6 Å². The minimum atomic E-state index is -0.655. The van der Waals surface area contributed by atoms with Crippen LogP contribution >= 0.6 is 35.0 Å². The zero-order valence-electron chi connectivity index (χ0n) is 15.1. The third-order valence-electron chi connectivity index (χ3n) is 4.38. The highest BCUT2D eigenvalue weighted by molar-refractivity contribution is 8.18. The molecule has 3 aromatic rings. The van der Waals surface area contributed by atoms with Crippen LogP contribution in [0.25, 0.3) is 17.0 Å². The summed E-state index contributed by atoms with van der Waals surface area (Å²) in [5.74, 6) is -1.02. The first-order chi connectivity index (χ1) is 14.3. The molecule has 0 atom stereocenters. The summed E-state index contributed by atoms with van der Waals surface area (Å²) < 4.78 is 5.42. The molecule has 0 radical (unpaired) electrons. The molecule has 0 bridgehead atoms. The average molecular weight is 460 g/mol. The Balaban J connectivity index is 1.65. The number of carbonyl (C=O) groups is 3. The van der Waals surface area contributed by atoms with Crippen molar-refractivity contribution in [2.75, 3.05) is 6.54 Å². The topological polar surface area (TPSA) is 84.7 Å². The van der Waals surface area contributed by atoms with Gasteiger partial charge in [0, 0.05) is 10.6 Å². The van der Waals surface area contributed by atoms with Crippen LogP contribution in [-0.2, 0) is 4.79 Å². The Morgan fingerprint density at radius 1 is 1.10 bits per heavy atom. The summed E-state index contributed by atoms with van der Waals surface area (Å²) in [5, 5.41) is 0.00382. The van der Waals surface area contributed by atoms with Crippen LogP contribution in [0.15, 0.2) is 62.8 Å². The van der Waals surface area contributed by atoms with Gasteiger partial charge in [-0.3, -0.25) is 24.1 Å². The fraction of sp³-hybridized carbons (Fsp3) is 0.0476. The van der Waals surface area contributed by atoms with E-state index in [4.69, 9.17) is 27.6 Å². The second-order valence-corrected chi connectivity index (χ2v) is 8.18. The van der Waals surface area contributed by atoms with Crippen molar-refractivity contribution in [1.82, 2.24) is 4.90 Å². The zero-order valence-corrected chi connectivity index (χ0v) is 17.4. The molecule has 0 aliphatic carbocycles. The number of imide groups is 1. The SMILES string of the molecule is O=C(CN1C(=O)S/C(=C\c2coc3c(Cl)cc(Cl)cc3c2=O)C1=O)c1ccccc1. The van der Waals surface area contributed by atoms with Gasteiger partial charge in [0.1, 0.15) is 6.26 Å². The molecule has 0 unspecified atom stereocenters. The number of hydrogen-bond donors (Lipinski definition) is 0. The number of nitrogens with zero attached hydrogens (tertiary/aromatic N) is 1. The summed E-state index contributed by atoms with van der Waals surface area (Å²) >= 11 is 12.6. The van der Waals surface area contributed by atoms with Crippen molar-refractivity contribution in [3.63, 3.8) is 0 Å². The molecule has 0 saturated carbocycles. The van der Waals surface area contributed by atoms with Gasteiger partial charge >= 0.3 is 0 Å². The minimum absolute atomic E-state index is 0.0145. The lowest BCUT2D eigenvalue weighted by Gasteiger charge is -2.11. The van der Waals surface area contributed by atoms with Crippen molar-refractivity contribution < 1.29 is 18.8 Å². The van der Waals surface area contributed by atoms with Gasteiger partial charge in [-0.1, -0.05) is 53.5 Å². The average Bonchev–Trinajstić information content (AvgIpc) is 2.98. The summed E-state index contributed by atoms with van der Waals surface area (Å²) in [6, 6.07) is 11.2. The fourth-order valence-electron chi connectivity index (χ4n) is 2.92. The monoisotopic (exact) mass is 459 g/mol. The minimum Gasteiger partial charge on any atom is -0.462 e. The van der Waals surface area contributed by atoms with E-state index >= 15 is 0 Å². The maximum absolute atomic E-state index is 12.8. The molecule has 30 heavy (non-hydrogen) atoms. The molecule has 2 heterocycles. The molecule has 6 nitrogen and oxygen atoms in total. The highest BCUT2D eigenvalue weighted by atomic mass is 35.5. The maximum Gasteiger partial charge on any atom is 0.293 e. The number of carbonyl (C=O) groups excluding carboxylic acids is 3. The van der Waals surface area contributed by atoms with Crippen molar-refractivity contribution in [3.05, 3.63) is 85.0 Å². The van der Waals surface area contributed by atoms with Gasteiger partial charge in [0.05, 0.1) is 27.4 Å². The molecule has 1 aliphatic heterocycles. The largest absolute Gasteiger partial charge is 0.462 e. The van der Waals surface area contributed by atoms with Crippen LogP contribution in [0.4, 0.5) is 4.79 Å². The Morgan fingerprint density at radius 3 is 2.57 bits per heavy atom. The molecule has 4 rings (SSSR count). The molecule has 2 aromatic carbocycles. The van der Waals surface area contributed by atoms with E-state index in [1.54, 1.807) is 30.3 Å². The van der Waals surface area contributed by atoms with E-state index in [9.17, 15) is 19.2 Å². The molecule has 0 spiro atoms. The molecule has 1 fully saturated rings. The van der Waals surface area contributed by atoms with Gasteiger partial charge < -0.3 is 4.42 Å². The Kier molecular flexibility index (Phi) is 5.51. The van der Waals surface area contributed by atoms with Gasteiger partial charge in [-0.05, 0) is 30.0 Å². The van der Waals surface area contributed by atoms with Crippen molar-refractivity contribution in [2.24, 2.45) is 0 Å². The first-order valence-corrected chi connectivity index (χ1v) is 10.2. The number of ketones is 1. The van der Waals surface area contributed by atoms with E-state index in [1.807, 2.05) is 0 Å². The number of halogens is 2. The van der Waals surface area contributed by atoms with Gasteiger partial charge in [0.2, 0.25) is 0 Å². The number of rotatable bonds is 4. The molecule has 2 amide bonds. The Morgan fingerprint density at radius 2 is 1.83 bits per heavy atom. The highest BCUT2D eigenvalue weighted by Crippen LogP contribution is 2.33.